The third-order valence-corrected chi connectivity index (χ3v) is 4.73. The molecule has 0 bridgehead atoms. The highest BCUT2D eigenvalue weighted by atomic mass is 16.6. The number of carbonyl (C=O) groups excluding carboxylic acids is 1. The van der Waals surface area contributed by atoms with Crippen molar-refractivity contribution in [3.63, 3.8) is 0 Å². The molecule has 29 heavy (non-hydrogen) atoms. The van der Waals surface area contributed by atoms with Crippen LogP contribution in [0.2, 0.25) is 0 Å². The summed E-state index contributed by atoms with van der Waals surface area (Å²) >= 11 is 0. The fraction of sp³-hybridized carbons (Fsp3) is 0.471. The quantitative estimate of drug-likeness (QED) is 0.384. The second-order valence-corrected chi connectivity index (χ2v) is 6.81. The van der Waals surface area contributed by atoms with E-state index in [4.69, 9.17) is 15.2 Å². The molecule has 4 heterocycles. The number of aliphatic hydroxyl groups excluding tert-OH is 2. The summed E-state index contributed by atoms with van der Waals surface area (Å²) in [6.45, 7) is 1.28. The molecule has 1 fully saturated rings. The molecule has 0 saturated carbocycles. The number of ketones is 1. The predicted molar refractivity (Wildman–Crippen MR) is 102 cm³/mol. The Balaban J connectivity index is 1.59. The zero-order chi connectivity index (χ0) is 20.5. The lowest BCUT2D eigenvalue weighted by Crippen LogP contribution is -2.34. The molecule has 5 N–H and O–H groups in total. The van der Waals surface area contributed by atoms with Gasteiger partial charge >= 0.3 is 0 Å². The smallest absolute Gasteiger partial charge is 0.247 e. The summed E-state index contributed by atoms with van der Waals surface area (Å²) in [6, 6.07) is 0. The van der Waals surface area contributed by atoms with Crippen molar-refractivity contribution in [1.29, 1.82) is 0 Å². The number of nitrogens with two attached hydrogens (primary N) is 1. The van der Waals surface area contributed by atoms with Crippen LogP contribution in [0.3, 0.4) is 0 Å². The van der Waals surface area contributed by atoms with E-state index in [-0.39, 0.29) is 29.0 Å². The van der Waals surface area contributed by atoms with E-state index in [1.807, 2.05) is 6.08 Å². The van der Waals surface area contributed by atoms with Gasteiger partial charge in [0.2, 0.25) is 5.95 Å². The van der Waals surface area contributed by atoms with Crippen LogP contribution in [0.1, 0.15) is 26.0 Å². The standard InChI is InChI=1S/C17H21N7O5/c1-8(25)13-11(26)12(27)16(29-13)24-7-19-10-14(18)21-17(22-15(10)24)23-20-6-9-4-2-3-5-28-9/h3,5-7,9,11-13,16,26-27H,2,4H2,1H3,(H3,18,21,22,23)/b20-6+/t9-,11-,12+,13+,16+/m0/s1. The number of ether oxygens (including phenoxy) is 2. The van der Waals surface area contributed by atoms with Crippen molar-refractivity contribution in [2.75, 3.05) is 11.2 Å². The summed E-state index contributed by atoms with van der Waals surface area (Å²) in [5.41, 5.74) is 9.20. The first-order valence-electron chi connectivity index (χ1n) is 9.07. The number of nitrogen functional groups attached to an aromatic ring is 1. The maximum Gasteiger partial charge on any atom is 0.247 e. The first kappa shape index (κ1) is 19.2. The summed E-state index contributed by atoms with van der Waals surface area (Å²) in [7, 11) is 0. The van der Waals surface area contributed by atoms with Crippen molar-refractivity contribution in [3.8, 4) is 0 Å². The van der Waals surface area contributed by atoms with E-state index in [1.165, 1.54) is 17.8 Å². The zero-order valence-electron chi connectivity index (χ0n) is 15.5. The van der Waals surface area contributed by atoms with Crippen LogP contribution in [-0.4, -0.2) is 66.1 Å². The number of allylic oxidation sites excluding steroid dienone is 1. The largest absolute Gasteiger partial charge is 0.493 e. The molecule has 0 aliphatic carbocycles. The van der Waals surface area contributed by atoms with Gasteiger partial charge in [-0.15, -0.1) is 0 Å². The van der Waals surface area contributed by atoms with Crippen LogP contribution in [0, 0.1) is 0 Å². The van der Waals surface area contributed by atoms with E-state index >= 15 is 0 Å². The predicted octanol–water partition coefficient (Wildman–Crippen LogP) is -0.293. The normalized spacial score (nSPS) is 29.4. The fourth-order valence-corrected chi connectivity index (χ4v) is 3.24. The minimum absolute atomic E-state index is 0.0967. The molecule has 2 aromatic heterocycles. The molecule has 0 amide bonds. The average molecular weight is 403 g/mol. The van der Waals surface area contributed by atoms with E-state index in [0.29, 0.717) is 0 Å². The Morgan fingerprint density at radius 1 is 1.41 bits per heavy atom. The molecule has 0 radical (unpaired) electrons. The zero-order valence-corrected chi connectivity index (χ0v) is 15.5. The number of hydrogen-bond donors (Lipinski definition) is 4. The molecule has 2 aromatic rings. The summed E-state index contributed by atoms with van der Waals surface area (Å²) < 4.78 is 12.3. The minimum Gasteiger partial charge on any atom is -0.493 e. The number of imidazole rings is 1. The van der Waals surface area contributed by atoms with E-state index < -0.39 is 30.3 Å². The van der Waals surface area contributed by atoms with Gasteiger partial charge in [-0.3, -0.25) is 9.36 Å². The molecule has 4 rings (SSSR count). The Morgan fingerprint density at radius 2 is 2.24 bits per heavy atom. The van der Waals surface area contributed by atoms with Gasteiger partial charge in [0.25, 0.3) is 0 Å². The lowest BCUT2D eigenvalue weighted by atomic mass is 10.1. The van der Waals surface area contributed by atoms with Gasteiger partial charge in [-0.05, 0) is 25.8 Å². The first-order chi connectivity index (χ1) is 14.0. The van der Waals surface area contributed by atoms with Crippen LogP contribution in [0.15, 0.2) is 23.8 Å². The number of aromatic nitrogens is 4. The summed E-state index contributed by atoms with van der Waals surface area (Å²) in [6.07, 6.45) is 3.19. The number of fused-ring (bicyclic) bond motifs is 1. The Morgan fingerprint density at radius 3 is 2.93 bits per heavy atom. The molecule has 0 spiro atoms. The number of rotatable bonds is 5. The van der Waals surface area contributed by atoms with Crippen molar-refractivity contribution in [3.05, 3.63) is 18.7 Å². The van der Waals surface area contributed by atoms with Crippen molar-refractivity contribution in [2.24, 2.45) is 5.10 Å². The summed E-state index contributed by atoms with van der Waals surface area (Å²) in [5.74, 6) is -0.191. The third kappa shape index (κ3) is 3.64. The highest BCUT2D eigenvalue weighted by Crippen LogP contribution is 2.32. The van der Waals surface area contributed by atoms with Gasteiger partial charge < -0.3 is 25.4 Å². The highest BCUT2D eigenvalue weighted by molar-refractivity contribution is 5.83. The average Bonchev–Trinajstić information content (AvgIpc) is 3.25. The molecule has 154 valence electrons. The molecule has 12 nitrogen and oxygen atoms in total. The lowest BCUT2D eigenvalue weighted by Gasteiger charge is -2.16. The molecule has 0 unspecified atom stereocenters. The number of anilines is 2. The Labute approximate surface area is 165 Å². The maximum absolute atomic E-state index is 11.6. The monoisotopic (exact) mass is 403 g/mol. The van der Waals surface area contributed by atoms with E-state index in [2.05, 4.69) is 25.5 Å². The van der Waals surface area contributed by atoms with E-state index in [0.717, 1.165) is 12.8 Å². The molecular formula is C17H21N7O5. The molecule has 2 aliphatic heterocycles. The molecule has 12 heteroatoms. The van der Waals surface area contributed by atoms with Gasteiger partial charge in [-0.2, -0.15) is 15.1 Å². The van der Waals surface area contributed by atoms with Crippen molar-refractivity contribution < 1.29 is 24.5 Å². The number of nitrogens with one attached hydrogen (secondary N) is 1. The Kier molecular flexibility index (Phi) is 5.13. The fourth-order valence-electron chi connectivity index (χ4n) is 3.24. The Hall–Kier alpha value is -3.09. The first-order valence-corrected chi connectivity index (χ1v) is 9.07. The number of nitrogens with zero attached hydrogens (tertiary/aromatic N) is 5. The molecular weight excluding hydrogens is 382 g/mol. The topological polar surface area (TPSA) is 170 Å². The van der Waals surface area contributed by atoms with Crippen LogP contribution in [0.25, 0.3) is 11.2 Å². The van der Waals surface area contributed by atoms with Crippen molar-refractivity contribution in [2.45, 2.75) is 50.4 Å². The SMILES string of the molecule is CC(=O)[C@H]1O[C@@H](n2cnc3c(N)nc(N/N=C/[C@@H]4CCC=CO4)nc32)[C@H](O)[C@@H]1O. The molecule has 2 aliphatic rings. The summed E-state index contributed by atoms with van der Waals surface area (Å²) in [5, 5.41) is 24.5. The second-order valence-electron chi connectivity index (χ2n) is 6.81. The molecule has 5 atom stereocenters. The highest BCUT2D eigenvalue weighted by Gasteiger charge is 2.46. The minimum atomic E-state index is -1.36. The van der Waals surface area contributed by atoms with Crippen LogP contribution in [0.4, 0.5) is 11.8 Å². The number of carbonyl (C=O) groups is 1. The van der Waals surface area contributed by atoms with Crippen molar-refractivity contribution >= 4 is 34.9 Å². The van der Waals surface area contributed by atoms with Gasteiger partial charge in [0, 0.05) is 0 Å². The van der Waals surface area contributed by atoms with Gasteiger partial charge in [-0.25, -0.2) is 10.4 Å². The van der Waals surface area contributed by atoms with Crippen LogP contribution in [-0.2, 0) is 14.3 Å². The maximum atomic E-state index is 11.6. The number of hydrazone groups is 1. The Bertz CT molecular complexity index is 974. The van der Waals surface area contributed by atoms with E-state index in [1.54, 1.807) is 12.5 Å². The third-order valence-electron chi connectivity index (χ3n) is 4.73. The molecule has 0 aromatic carbocycles. The van der Waals surface area contributed by atoms with Crippen molar-refractivity contribution in [1.82, 2.24) is 19.5 Å². The van der Waals surface area contributed by atoms with Gasteiger partial charge in [0.15, 0.2) is 23.5 Å². The lowest BCUT2D eigenvalue weighted by molar-refractivity contribution is -0.133. The number of Topliss-reactive ketones (excluding diaryl/α,β-unsaturated/α-hetero) is 1. The summed E-state index contributed by atoms with van der Waals surface area (Å²) in [4.78, 5) is 24.2. The number of hydrogen-bond acceptors (Lipinski definition) is 11. The van der Waals surface area contributed by atoms with Gasteiger partial charge in [-0.1, -0.05) is 0 Å². The van der Waals surface area contributed by atoms with Crippen LogP contribution in [0.5, 0.6) is 0 Å². The van der Waals surface area contributed by atoms with Gasteiger partial charge in [0.05, 0.1) is 18.8 Å². The van der Waals surface area contributed by atoms with Gasteiger partial charge in [0.1, 0.15) is 29.9 Å². The van der Waals surface area contributed by atoms with E-state index in [9.17, 15) is 15.0 Å². The van der Waals surface area contributed by atoms with Crippen LogP contribution >= 0.6 is 0 Å². The molecule has 1 saturated heterocycles. The second kappa shape index (κ2) is 7.73. The number of aliphatic hydroxyl groups is 2. The van der Waals surface area contributed by atoms with Crippen LogP contribution < -0.4 is 11.2 Å².